The molecule has 312 valence electrons. The number of carbonyl (C=O) groups excluding carboxylic acids is 1. The van der Waals surface area contributed by atoms with Crippen LogP contribution in [0.25, 0.3) is 11.0 Å². The molecule has 59 heavy (non-hydrogen) atoms. The van der Waals surface area contributed by atoms with Gasteiger partial charge in [-0.2, -0.15) is 0 Å². The molecular formula is C46H54N4O9. The first-order valence-electron chi connectivity index (χ1n) is 20.7. The molecular weight excluding hydrogens is 753 g/mol. The van der Waals surface area contributed by atoms with Crippen LogP contribution in [-0.2, 0) is 22.6 Å². The molecule has 10 N–H and O–H groups in total. The summed E-state index contributed by atoms with van der Waals surface area (Å²) in [4.78, 5) is 28.4. The fourth-order valence-corrected chi connectivity index (χ4v) is 10.1. The van der Waals surface area contributed by atoms with Crippen LogP contribution in [-0.4, -0.2) is 57.4 Å². The quantitative estimate of drug-likeness (QED) is 0.104. The van der Waals surface area contributed by atoms with Crippen molar-refractivity contribution in [2.24, 2.45) is 23.3 Å². The van der Waals surface area contributed by atoms with Gasteiger partial charge in [0.1, 0.15) is 52.3 Å². The van der Waals surface area contributed by atoms with Gasteiger partial charge in [-0.3, -0.25) is 4.79 Å². The minimum atomic E-state index is -1.25. The fraction of sp³-hybridized carbons (Fsp3) is 0.435. The molecule has 1 unspecified atom stereocenters. The molecule has 0 spiro atoms. The monoisotopic (exact) mass is 806 g/mol. The van der Waals surface area contributed by atoms with Gasteiger partial charge in [-0.25, -0.2) is 4.79 Å². The Balaban J connectivity index is 1.42. The molecule has 2 aromatic carbocycles. The molecule has 5 heterocycles. The standard InChI is InChI=1S/C46H54N4O9/c1-3-30(25-7-4-5-8-25)45(56)58-36-20-33-41(55)39-35(54)19-29(22-51)57-43(39)40-38(34(23-52)26-9-6-10-28(53)18-26)31-15-16-49-44(48)32(31)13-12-27(46(36,2)59-42(33)40)17-24-11-14-37(47)50-21-24/h3,6,9-11,14-15,18-19,21,25,27,34,36-38,49-53,55H,4-5,7-8,12-13,16-17,20,22-23,47-48H2,1-2H3/b30-3-/t27-,34+,36+,37?,38+,46-/m0/s1. The highest BCUT2D eigenvalue weighted by Gasteiger charge is 2.53. The van der Waals surface area contributed by atoms with E-state index in [4.69, 9.17) is 25.4 Å². The fourth-order valence-electron chi connectivity index (χ4n) is 10.1. The second-order valence-electron chi connectivity index (χ2n) is 16.6. The van der Waals surface area contributed by atoms with Crippen LogP contribution < -0.4 is 32.3 Å². The Bertz CT molecular complexity index is 2370. The molecule has 13 heteroatoms. The molecule has 0 radical (unpaired) electrons. The number of nitrogens with one attached hydrogen (secondary N) is 2. The summed E-state index contributed by atoms with van der Waals surface area (Å²) in [5, 5.41) is 51.1. The zero-order valence-corrected chi connectivity index (χ0v) is 33.5. The van der Waals surface area contributed by atoms with E-state index in [0.717, 1.165) is 48.5 Å². The first kappa shape index (κ1) is 40.3. The van der Waals surface area contributed by atoms with Crippen LogP contribution in [0.3, 0.4) is 0 Å². The van der Waals surface area contributed by atoms with Crippen LogP contribution in [0, 0.1) is 11.8 Å². The Kier molecular flexibility index (Phi) is 11.1. The van der Waals surface area contributed by atoms with Crippen LogP contribution in [0.15, 0.2) is 98.2 Å². The maximum atomic E-state index is 14.4. The van der Waals surface area contributed by atoms with Crippen molar-refractivity contribution in [3.05, 3.63) is 122 Å². The predicted octanol–water partition coefficient (Wildman–Crippen LogP) is 5.13. The van der Waals surface area contributed by atoms with E-state index < -0.39 is 48.2 Å². The minimum Gasteiger partial charge on any atom is -0.508 e. The summed E-state index contributed by atoms with van der Waals surface area (Å²) in [5.41, 5.74) is 15.5. The van der Waals surface area contributed by atoms with Gasteiger partial charge in [0.05, 0.1) is 18.6 Å². The lowest BCUT2D eigenvalue weighted by Gasteiger charge is -2.49. The number of fused-ring (bicyclic) bond motifs is 4. The highest BCUT2D eigenvalue weighted by molar-refractivity contribution is 5.92. The van der Waals surface area contributed by atoms with Gasteiger partial charge < -0.3 is 56.4 Å². The highest BCUT2D eigenvalue weighted by atomic mass is 16.6. The van der Waals surface area contributed by atoms with Crippen LogP contribution in [0.2, 0.25) is 0 Å². The molecule has 0 saturated heterocycles. The molecule has 2 bridgehead atoms. The van der Waals surface area contributed by atoms with E-state index in [1.807, 2.05) is 50.4 Å². The number of phenolic OH excluding ortho intramolecular Hbond substituents is 2. The number of esters is 1. The molecule has 1 fully saturated rings. The number of rotatable bonds is 9. The van der Waals surface area contributed by atoms with E-state index >= 15 is 0 Å². The summed E-state index contributed by atoms with van der Waals surface area (Å²) in [6.45, 7) is 3.15. The van der Waals surface area contributed by atoms with Crippen LogP contribution in [0.5, 0.6) is 17.2 Å². The van der Waals surface area contributed by atoms with E-state index in [0.29, 0.717) is 48.3 Å². The third-order valence-corrected chi connectivity index (χ3v) is 13.2. The van der Waals surface area contributed by atoms with Crippen molar-refractivity contribution < 1.29 is 39.1 Å². The molecule has 1 aromatic heterocycles. The first-order chi connectivity index (χ1) is 28.4. The second kappa shape index (κ2) is 16.3. The number of ether oxygens (including phenoxy) is 2. The van der Waals surface area contributed by atoms with Gasteiger partial charge in [-0.05, 0) is 92.4 Å². The zero-order chi connectivity index (χ0) is 41.6. The lowest BCUT2D eigenvalue weighted by Crippen LogP contribution is -2.57. The molecule has 13 nitrogen and oxygen atoms in total. The maximum Gasteiger partial charge on any atom is 0.334 e. The molecule has 0 amide bonds. The third-order valence-electron chi connectivity index (χ3n) is 13.2. The predicted molar refractivity (Wildman–Crippen MR) is 222 cm³/mol. The summed E-state index contributed by atoms with van der Waals surface area (Å²) < 4.78 is 20.4. The SMILES string of the molecule is C/C=C(\C(=O)O[C@@H]1Cc2c3c(c4oc(CO)cc(=O)c4c2O)[C@@H]([C@H](CO)c2cccc(O)c2)C2=CCNC(N)=C2CC[C@@H](CC2=CNC(N)C=C2)[C@]1(C)O3)C1CCCC1. The Hall–Kier alpha value is -5.50. The number of benzene rings is 2. The Morgan fingerprint density at radius 1 is 1.15 bits per heavy atom. The number of aromatic hydroxyl groups is 2. The van der Waals surface area contributed by atoms with Crippen molar-refractivity contribution in [2.45, 2.75) is 102 Å². The summed E-state index contributed by atoms with van der Waals surface area (Å²) in [5.74, 6) is -2.01. The lowest BCUT2D eigenvalue weighted by molar-refractivity contribution is -0.165. The number of allylic oxidation sites excluding steroid dienone is 5. The number of hydrogen-bond donors (Lipinski definition) is 8. The van der Waals surface area contributed by atoms with Gasteiger partial charge >= 0.3 is 5.97 Å². The van der Waals surface area contributed by atoms with Gasteiger partial charge in [0.2, 0.25) is 0 Å². The van der Waals surface area contributed by atoms with E-state index in [9.17, 15) is 30.0 Å². The van der Waals surface area contributed by atoms with Crippen molar-refractivity contribution in [1.82, 2.24) is 10.6 Å². The van der Waals surface area contributed by atoms with Gasteiger partial charge in [-0.15, -0.1) is 0 Å². The van der Waals surface area contributed by atoms with Crippen LogP contribution >= 0.6 is 0 Å². The van der Waals surface area contributed by atoms with Gasteiger partial charge in [0.15, 0.2) is 5.43 Å². The smallest absolute Gasteiger partial charge is 0.334 e. The summed E-state index contributed by atoms with van der Waals surface area (Å²) in [6, 6.07) is 7.79. The topological polar surface area (TPSA) is 223 Å². The minimum absolute atomic E-state index is 0.00184. The van der Waals surface area contributed by atoms with Crippen molar-refractivity contribution in [3.63, 3.8) is 0 Å². The lowest BCUT2D eigenvalue weighted by atomic mass is 9.68. The average molecular weight is 807 g/mol. The maximum absolute atomic E-state index is 14.4. The average Bonchev–Trinajstić information content (AvgIpc) is 3.75. The highest BCUT2D eigenvalue weighted by Crippen LogP contribution is 2.57. The zero-order valence-electron chi connectivity index (χ0n) is 33.5. The Morgan fingerprint density at radius 3 is 2.64 bits per heavy atom. The molecule has 4 aliphatic heterocycles. The summed E-state index contributed by atoms with van der Waals surface area (Å²) in [7, 11) is 0. The van der Waals surface area contributed by atoms with Gasteiger partial charge in [0.25, 0.3) is 0 Å². The Morgan fingerprint density at radius 2 is 1.95 bits per heavy atom. The third kappa shape index (κ3) is 7.29. The number of aliphatic hydroxyl groups is 2. The van der Waals surface area contributed by atoms with E-state index in [1.54, 1.807) is 18.2 Å². The van der Waals surface area contributed by atoms with Crippen molar-refractivity contribution in [3.8, 4) is 17.2 Å². The summed E-state index contributed by atoms with van der Waals surface area (Å²) in [6.07, 6.45) is 13.6. The van der Waals surface area contributed by atoms with Gasteiger partial charge in [0, 0.05) is 59.7 Å². The van der Waals surface area contributed by atoms with E-state index in [1.165, 1.54) is 0 Å². The molecule has 3 aromatic rings. The number of hydrogen-bond acceptors (Lipinski definition) is 13. The van der Waals surface area contributed by atoms with Crippen molar-refractivity contribution >= 4 is 16.9 Å². The molecule has 8 rings (SSSR count). The number of dihydropyridines is 2. The molecule has 1 saturated carbocycles. The number of aliphatic hydroxyl groups excluding tert-OH is 2. The van der Waals surface area contributed by atoms with E-state index in [-0.39, 0.29) is 64.0 Å². The van der Waals surface area contributed by atoms with Crippen LogP contribution in [0.1, 0.15) is 93.1 Å². The van der Waals surface area contributed by atoms with Crippen molar-refractivity contribution in [1.29, 1.82) is 0 Å². The largest absolute Gasteiger partial charge is 0.508 e. The number of nitrogens with two attached hydrogens (primary N) is 2. The van der Waals surface area contributed by atoms with E-state index in [2.05, 4.69) is 10.6 Å². The molecule has 5 aliphatic rings. The molecule has 6 atom stereocenters. The first-order valence-corrected chi connectivity index (χ1v) is 20.7. The number of carbonyl (C=O) groups is 1. The van der Waals surface area contributed by atoms with Crippen LogP contribution in [0.4, 0.5) is 0 Å². The van der Waals surface area contributed by atoms with Gasteiger partial charge in [-0.1, -0.05) is 43.2 Å². The molecule has 1 aliphatic carbocycles. The number of phenols is 2. The normalized spacial score (nSPS) is 26.2. The summed E-state index contributed by atoms with van der Waals surface area (Å²) >= 11 is 0. The second-order valence-corrected chi connectivity index (χ2v) is 16.6. The van der Waals surface area contributed by atoms with Crippen molar-refractivity contribution in [2.75, 3.05) is 13.2 Å². The Labute approximate surface area is 342 Å².